The predicted molar refractivity (Wildman–Crippen MR) is 65.3 cm³/mol. The van der Waals surface area contributed by atoms with Gasteiger partial charge in [0.15, 0.2) is 11.5 Å². The van der Waals surface area contributed by atoms with Gasteiger partial charge in [-0.05, 0) is 31.0 Å². The lowest BCUT2D eigenvalue weighted by molar-refractivity contribution is -0.138. The Kier molecular flexibility index (Phi) is 4.23. The number of hydrogen-bond acceptors (Lipinski definition) is 3. The first-order valence-corrected chi connectivity index (χ1v) is 5.45. The second-order valence-corrected chi connectivity index (χ2v) is 4.09. The highest BCUT2D eigenvalue weighted by Gasteiger charge is 2.24. The molecule has 0 aromatic heterocycles. The number of carboxylic acids is 1. The van der Waals surface area contributed by atoms with Crippen LogP contribution >= 0.6 is 11.6 Å². The maximum absolute atomic E-state index is 11.0. The molecule has 1 aromatic carbocycles. The summed E-state index contributed by atoms with van der Waals surface area (Å²) < 4.78 is 10.3. The summed E-state index contributed by atoms with van der Waals surface area (Å²) in [6.07, 6.45) is 0. The minimum Gasteiger partial charge on any atom is -0.493 e. The summed E-state index contributed by atoms with van der Waals surface area (Å²) in [7, 11) is 2.97. The number of carboxylic acid groups (broad SMARTS) is 1. The number of ether oxygens (including phenoxy) is 2. The molecule has 1 N–H and O–H groups in total. The molecule has 1 rings (SSSR count). The predicted octanol–water partition coefficient (Wildman–Crippen LogP) is 2.85. The first-order chi connectivity index (χ1) is 7.93. The standard InChI is InChI=1S/C12H15ClO4/c1-6-5-8(16-3)11(17-4)10(13)9(6)7(2)12(14)15/h5,7H,1-4H3,(H,14,15). The summed E-state index contributed by atoms with van der Waals surface area (Å²) in [4.78, 5) is 11.0. The van der Waals surface area contributed by atoms with Crippen molar-refractivity contribution in [2.45, 2.75) is 19.8 Å². The quantitative estimate of drug-likeness (QED) is 0.902. The van der Waals surface area contributed by atoms with Gasteiger partial charge in [-0.3, -0.25) is 4.79 Å². The van der Waals surface area contributed by atoms with Crippen molar-refractivity contribution in [3.05, 3.63) is 22.2 Å². The van der Waals surface area contributed by atoms with Gasteiger partial charge in [0.05, 0.1) is 25.2 Å². The number of rotatable bonds is 4. The molecular formula is C12H15ClO4. The molecule has 4 nitrogen and oxygen atoms in total. The van der Waals surface area contributed by atoms with Crippen molar-refractivity contribution < 1.29 is 19.4 Å². The summed E-state index contributed by atoms with van der Waals surface area (Å²) in [5.41, 5.74) is 1.32. The van der Waals surface area contributed by atoms with E-state index >= 15 is 0 Å². The van der Waals surface area contributed by atoms with Crippen molar-refractivity contribution in [2.75, 3.05) is 14.2 Å². The molecule has 0 aliphatic rings. The third-order valence-corrected chi connectivity index (χ3v) is 3.03. The van der Waals surface area contributed by atoms with Gasteiger partial charge in [0, 0.05) is 0 Å². The molecule has 0 amide bonds. The minimum atomic E-state index is -0.929. The third kappa shape index (κ3) is 2.47. The van der Waals surface area contributed by atoms with Gasteiger partial charge in [0.1, 0.15) is 0 Å². The Morgan fingerprint density at radius 2 is 2.00 bits per heavy atom. The molecule has 1 aromatic rings. The zero-order valence-corrected chi connectivity index (χ0v) is 11.0. The highest BCUT2D eigenvalue weighted by atomic mass is 35.5. The van der Waals surface area contributed by atoms with Gasteiger partial charge < -0.3 is 14.6 Å². The van der Waals surface area contributed by atoms with Crippen LogP contribution in [0.2, 0.25) is 5.02 Å². The lowest BCUT2D eigenvalue weighted by Gasteiger charge is -2.17. The maximum Gasteiger partial charge on any atom is 0.310 e. The summed E-state index contributed by atoms with van der Waals surface area (Å²) in [6, 6.07) is 1.72. The van der Waals surface area contributed by atoms with Crippen molar-refractivity contribution in [1.82, 2.24) is 0 Å². The van der Waals surface area contributed by atoms with Gasteiger partial charge in [-0.1, -0.05) is 11.6 Å². The van der Waals surface area contributed by atoms with Crippen molar-refractivity contribution >= 4 is 17.6 Å². The number of aliphatic carboxylic acids is 1. The molecule has 0 bridgehead atoms. The number of benzene rings is 1. The van der Waals surface area contributed by atoms with Gasteiger partial charge in [0.2, 0.25) is 0 Å². The smallest absolute Gasteiger partial charge is 0.310 e. The fraction of sp³-hybridized carbons (Fsp3) is 0.417. The second kappa shape index (κ2) is 5.27. The Morgan fingerprint density at radius 3 is 2.41 bits per heavy atom. The lowest BCUT2D eigenvalue weighted by Crippen LogP contribution is -2.10. The summed E-state index contributed by atoms with van der Waals surface area (Å²) >= 11 is 6.17. The van der Waals surface area contributed by atoms with Crippen LogP contribution in [0.15, 0.2) is 6.07 Å². The van der Waals surface area contributed by atoms with Crippen LogP contribution in [0.25, 0.3) is 0 Å². The largest absolute Gasteiger partial charge is 0.493 e. The van der Waals surface area contributed by atoms with Crippen molar-refractivity contribution in [1.29, 1.82) is 0 Å². The van der Waals surface area contributed by atoms with Crippen LogP contribution in [0.3, 0.4) is 0 Å². The summed E-state index contributed by atoms with van der Waals surface area (Å²) in [6.45, 7) is 3.38. The Hall–Kier alpha value is -1.42. The van der Waals surface area contributed by atoms with E-state index in [1.54, 1.807) is 19.9 Å². The molecule has 1 unspecified atom stereocenters. The van der Waals surface area contributed by atoms with E-state index in [4.69, 9.17) is 26.2 Å². The lowest BCUT2D eigenvalue weighted by atomic mass is 9.95. The van der Waals surface area contributed by atoms with Gasteiger partial charge in [-0.2, -0.15) is 0 Å². The van der Waals surface area contributed by atoms with Crippen LogP contribution in [0.1, 0.15) is 24.0 Å². The number of halogens is 1. The molecule has 1 atom stereocenters. The molecule has 94 valence electrons. The second-order valence-electron chi connectivity index (χ2n) is 3.72. The zero-order chi connectivity index (χ0) is 13.2. The molecule has 0 spiro atoms. The van der Waals surface area contributed by atoms with Gasteiger partial charge in [-0.15, -0.1) is 0 Å². The third-order valence-electron chi connectivity index (χ3n) is 2.66. The first kappa shape index (κ1) is 13.6. The normalized spacial score (nSPS) is 12.1. The molecule has 0 saturated heterocycles. The van der Waals surface area contributed by atoms with E-state index in [0.717, 1.165) is 5.56 Å². The van der Waals surface area contributed by atoms with Crippen LogP contribution < -0.4 is 9.47 Å². The van der Waals surface area contributed by atoms with E-state index in [0.29, 0.717) is 22.1 Å². The van der Waals surface area contributed by atoms with E-state index in [9.17, 15) is 4.79 Å². The van der Waals surface area contributed by atoms with E-state index in [1.807, 2.05) is 0 Å². The Bertz CT molecular complexity index is 443. The van der Waals surface area contributed by atoms with Crippen LogP contribution in [0, 0.1) is 6.92 Å². The monoisotopic (exact) mass is 258 g/mol. The molecule has 0 heterocycles. The van der Waals surface area contributed by atoms with Gasteiger partial charge >= 0.3 is 5.97 Å². The van der Waals surface area contributed by atoms with Crippen molar-refractivity contribution in [3.63, 3.8) is 0 Å². The van der Waals surface area contributed by atoms with Crippen LogP contribution in [-0.2, 0) is 4.79 Å². The average molecular weight is 259 g/mol. The number of aryl methyl sites for hydroxylation is 1. The molecule has 17 heavy (non-hydrogen) atoms. The van der Waals surface area contributed by atoms with Crippen molar-refractivity contribution in [2.24, 2.45) is 0 Å². The average Bonchev–Trinajstić information content (AvgIpc) is 2.27. The van der Waals surface area contributed by atoms with E-state index in [1.165, 1.54) is 14.2 Å². The Morgan fingerprint density at radius 1 is 1.41 bits per heavy atom. The highest BCUT2D eigenvalue weighted by molar-refractivity contribution is 6.33. The maximum atomic E-state index is 11.0. The molecule has 0 fully saturated rings. The summed E-state index contributed by atoms with van der Waals surface area (Å²) in [5.74, 6) is -0.760. The number of methoxy groups -OCH3 is 2. The van der Waals surface area contributed by atoms with Crippen LogP contribution in [0.5, 0.6) is 11.5 Å². The molecule has 0 aliphatic carbocycles. The summed E-state index contributed by atoms with van der Waals surface area (Å²) in [5, 5.41) is 9.33. The van der Waals surface area contributed by atoms with Crippen molar-refractivity contribution in [3.8, 4) is 11.5 Å². The molecule has 0 saturated carbocycles. The Balaban J connectivity index is 3.47. The molecular weight excluding hydrogens is 244 g/mol. The van der Waals surface area contributed by atoms with E-state index < -0.39 is 11.9 Å². The Labute approximate surface area is 105 Å². The number of carbonyl (C=O) groups is 1. The number of hydrogen-bond donors (Lipinski definition) is 1. The molecule has 0 radical (unpaired) electrons. The van der Waals surface area contributed by atoms with Gasteiger partial charge in [-0.25, -0.2) is 0 Å². The molecule has 5 heteroatoms. The topological polar surface area (TPSA) is 55.8 Å². The zero-order valence-electron chi connectivity index (χ0n) is 10.2. The molecule has 0 aliphatic heterocycles. The minimum absolute atomic E-state index is 0.291. The SMILES string of the molecule is COc1cc(C)c(C(C)C(=O)O)c(Cl)c1OC. The fourth-order valence-electron chi connectivity index (χ4n) is 1.74. The van der Waals surface area contributed by atoms with Gasteiger partial charge in [0.25, 0.3) is 0 Å². The van der Waals surface area contributed by atoms with E-state index in [-0.39, 0.29) is 0 Å². The first-order valence-electron chi connectivity index (χ1n) is 5.07. The van der Waals surface area contributed by atoms with Crippen LogP contribution in [0.4, 0.5) is 0 Å². The highest BCUT2D eigenvalue weighted by Crippen LogP contribution is 2.42. The van der Waals surface area contributed by atoms with Crippen LogP contribution in [-0.4, -0.2) is 25.3 Å². The fourth-order valence-corrected chi connectivity index (χ4v) is 2.22. The van der Waals surface area contributed by atoms with E-state index in [2.05, 4.69) is 0 Å².